The lowest BCUT2D eigenvalue weighted by Gasteiger charge is -2.07. The predicted octanol–water partition coefficient (Wildman–Crippen LogP) is 3.19. The Balaban J connectivity index is 1.37. The van der Waals surface area contributed by atoms with Crippen molar-refractivity contribution in [2.24, 2.45) is 10.2 Å². The molecule has 2 amide bonds. The fourth-order valence-corrected chi connectivity index (χ4v) is 3.19. The van der Waals surface area contributed by atoms with Crippen LogP contribution in [0.25, 0.3) is 0 Å². The number of carboxylic acids is 2. The predicted molar refractivity (Wildman–Crippen MR) is 142 cm³/mol. The average Bonchev–Trinajstić information content (AvgIpc) is 2.91. The Morgan fingerprint density at radius 1 is 0.711 bits per heavy atom. The van der Waals surface area contributed by atoms with Gasteiger partial charge in [-0.2, -0.15) is 10.2 Å². The molecule has 3 aromatic rings. The molecule has 0 aromatic heterocycles. The van der Waals surface area contributed by atoms with Gasteiger partial charge in [-0.25, -0.2) is 20.4 Å². The number of benzene rings is 3. The van der Waals surface area contributed by atoms with Crippen molar-refractivity contribution < 1.29 is 29.4 Å². The minimum atomic E-state index is -1.05. The lowest BCUT2D eigenvalue weighted by molar-refractivity contribution is -0.121. The highest BCUT2D eigenvalue weighted by Gasteiger charge is 2.06. The molecule has 0 bridgehead atoms. The third kappa shape index (κ3) is 8.72. The maximum absolute atomic E-state index is 12.3. The summed E-state index contributed by atoms with van der Waals surface area (Å²) in [5.41, 5.74) is 7.31. The summed E-state index contributed by atoms with van der Waals surface area (Å²) in [4.78, 5) is 46.2. The van der Waals surface area contributed by atoms with E-state index in [4.69, 9.17) is 10.2 Å². The van der Waals surface area contributed by atoms with Crippen molar-refractivity contribution in [3.05, 3.63) is 101 Å². The number of carbonyl (C=O) groups is 4. The molecular formula is C27H25N5O6. The SMILES string of the molecule is O=C(CCCNc1ccc(C(=O)N/N=C/c2cccc(C(=O)O)c2)cc1)N/N=C/c1cccc(C(=O)O)c1. The number of amides is 2. The summed E-state index contributed by atoms with van der Waals surface area (Å²) in [5.74, 6) is -2.79. The van der Waals surface area contributed by atoms with Crippen LogP contribution in [0, 0.1) is 0 Å². The van der Waals surface area contributed by atoms with Gasteiger partial charge in [-0.1, -0.05) is 24.3 Å². The quantitative estimate of drug-likeness (QED) is 0.140. The van der Waals surface area contributed by atoms with Crippen molar-refractivity contribution >= 4 is 41.9 Å². The number of anilines is 1. The third-order valence-electron chi connectivity index (χ3n) is 5.11. The van der Waals surface area contributed by atoms with Gasteiger partial charge in [0.2, 0.25) is 5.91 Å². The Bertz CT molecular complexity index is 1370. The molecule has 0 unspecified atom stereocenters. The molecule has 0 saturated heterocycles. The number of nitrogens with zero attached hydrogens (tertiary/aromatic N) is 2. The first-order chi connectivity index (χ1) is 18.3. The first kappa shape index (κ1) is 27.3. The second-order valence-corrected chi connectivity index (χ2v) is 7.96. The minimum Gasteiger partial charge on any atom is -0.478 e. The van der Waals surface area contributed by atoms with E-state index in [0.717, 1.165) is 5.69 Å². The first-order valence-electron chi connectivity index (χ1n) is 11.5. The molecule has 3 aromatic carbocycles. The molecule has 0 aliphatic rings. The Morgan fingerprint density at radius 2 is 1.26 bits per heavy atom. The zero-order valence-corrected chi connectivity index (χ0v) is 20.1. The topological polar surface area (TPSA) is 170 Å². The molecule has 0 fully saturated rings. The van der Waals surface area contributed by atoms with Crippen molar-refractivity contribution in [1.29, 1.82) is 0 Å². The number of carboxylic acid groups (broad SMARTS) is 2. The molecule has 194 valence electrons. The van der Waals surface area contributed by atoms with Gasteiger partial charge in [0.05, 0.1) is 23.6 Å². The van der Waals surface area contributed by atoms with Gasteiger partial charge in [-0.05, 0) is 66.1 Å². The van der Waals surface area contributed by atoms with E-state index in [9.17, 15) is 19.2 Å². The van der Waals surface area contributed by atoms with Gasteiger partial charge in [0.15, 0.2) is 0 Å². The summed E-state index contributed by atoms with van der Waals surface area (Å²) in [6.07, 6.45) is 3.50. The van der Waals surface area contributed by atoms with E-state index < -0.39 is 17.8 Å². The Kier molecular flexibility index (Phi) is 9.82. The van der Waals surface area contributed by atoms with Crippen LogP contribution in [-0.2, 0) is 4.79 Å². The summed E-state index contributed by atoms with van der Waals surface area (Å²) < 4.78 is 0. The Morgan fingerprint density at radius 3 is 1.82 bits per heavy atom. The van der Waals surface area contributed by atoms with Crippen molar-refractivity contribution in [3.8, 4) is 0 Å². The van der Waals surface area contributed by atoms with Crippen LogP contribution in [0.3, 0.4) is 0 Å². The van der Waals surface area contributed by atoms with Crippen LogP contribution in [0.15, 0.2) is 83.0 Å². The fourth-order valence-electron chi connectivity index (χ4n) is 3.19. The molecule has 0 spiro atoms. The van der Waals surface area contributed by atoms with Crippen LogP contribution in [0.2, 0.25) is 0 Å². The van der Waals surface area contributed by atoms with Gasteiger partial charge < -0.3 is 15.5 Å². The van der Waals surface area contributed by atoms with E-state index in [1.807, 2.05) is 0 Å². The first-order valence-corrected chi connectivity index (χ1v) is 11.5. The van der Waals surface area contributed by atoms with Gasteiger partial charge in [-0.3, -0.25) is 9.59 Å². The molecule has 0 atom stereocenters. The summed E-state index contributed by atoms with van der Waals surface area (Å²) in [7, 11) is 0. The summed E-state index contributed by atoms with van der Waals surface area (Å²) in [6, 6.07) is 19.1. The van der Waals surface area contributed by atoms with Crippen LogP contribution >= 0.6 is 0 Å². The number of hydrogen-bond donors (Lipinski definition) is 5. The lowest BCUT2D eigenvalue weighted by Crippen LogP contribution is -2.18. The molecule has 0 saturated carbocycles. The van der Waals surface area contributed by atoms with E-state index >= 15 is 0 Å². The Hall–Kier alpha value is -5.32. The van der Waals surface area contributed by atoms with E-state index in [2.05, 4.69) is 26.4 Å². The zero-order valence-electron chi connectivity index (χ0n) is 20.1. The number of nitrogens with one attached hydrogen (secondary N) is 3. The van der Waals surface area contributed by atoms with Gasteiger partial charge in [0.1, 0.15) is 0 Å². The highest BCUT2D eigenvalue weighted by atomic mass is 16.4. The largest absolute Gasteiger partial charge is 0.478 e. The standard InChI is InChI=1S/C27H25N5O6/c33-24(31-29-16-18-4-1-6-21(14-18)26(35)36)8-3-13-28-23-11-9-20(10-12-23)25(34)32-30-17-19-5-2-7-22(15-19)27(37)38/h1-2,4-7,9-12,14-17,28H,3,8,13H2,(H,31,33)(H,32,34)(H,35,36)(H,37,38)/b29-16+,30-17+. The third-order valence-corrected chi connectivity index (χ3v) is 5.11. The molecular weight excluding hydrogens is 490 g/mol. The molecule has 11 heteroatoms. The van der Waals surface area contributed by atoms with Crippen LogP contribution in [0.1, 0.15) is 55.0 Å². The minimum absolute atomic E-state index is 0.123. The molecule has 5 N–H and O–H groups in total. The van der Waals surface area contributed by atoms with Crippen molar-refractivity contribution in [2.75, 3.05) is 11.9 Å². The summed E-state index contributed by atoms with van der Waals surface area (Å²) in [5, 5.41) is 28.9. The molecule has 0 aliphatic carbocycles. The molecule has 0 aliphatic heterocycles. The summed E-state index contributed by atoms with van der Waals surface area (Å²) in [6.45, 7) is 0.517. The van der Waals surface area contributed by atoms with E-state index in [0.29, 0.717) is 29.7 Å². The van der Waals surface area contributed by atoms with Crippen molar-refractivity contribution in [2.45, 2.75) is 12.8 Å². The number of rotatable bonds is 12. The lowest BCUT2D eigenvalue weighted by atomic mass is 10.1. The molecule has 0 radical (unpaired) electrons. The average molecular weight is 516 g/mol. The highest BCUT2D eigenvalue weighted by Crippen LogP contribution is 2.10. The van der Waals surface area contributed by atoms with Gasteiger partial charge >= 0.3 is 11.9 Å². The summed E-state index contributed by atoms with van der Waals surface area (Å²) >= 11 is 0. The van der Waals surface area contributed by atoms with E-state index in [1.54, 1.807) is 48.5 Å². The number of carbonyl (C=O) groups excluding carboxylic acids is 2. The number of hydrogen-bond acceptors (Lipinski definition) is 7. The fraction of sp³-hybridized carbons (Fsp3) is 0.111. The zero-order chi connectivity index (χ0) is 27.3. The molecule has 0 heterocycles. The van der Waals surface area contributed by atoms with Gasteiger partial charge in [0, 0.05) is 24.2 Å². The van der Waals surface area contributed by atoms with Crippen LogP contribution in [0.4, 0.5) is 5.69 Å². The monoisotopic (exact) mass is 515 g/mol. The van der Waals surface area contributed by atoms with Gasteiger partial charge in [0.25, 0.3) is 5.91 Å². The maximum Gasteiger partial charge on any atom is 0.335 e. The second kappa shape index (κ2) is 13.7. The molecule has 3 rings (SSSR count). The normalized spacial score (nSPS) is 10.8. The van der Waals surface area contributed by atoms with E-state index in [1.165, 1.54) is 36.7 Å². The van der Waals surface area contributed by atoms with Gasteiger partial charge in [-0.15, -0.1) is 0 Å². The number of hydrazone groups is 2. The van der Waals surface area contributed by atoms with Crippen LogP contribution < -0.4 is 16.2 Å². The van der Waals surface area contributed by atoms with Crippen LogP contribution in [0.5, 0.6) is 0 Å². The smallest absolute Gasteiger partial charge is 0.335 e. The Labute approximate surface area is 217 Å². The number of aromatic carboxylic acids is 2. The second-order valence-electron chi connectivity index (χ2n) is 7.96. The van der Waals surface area contributed by atoms with Crippen LogP contribution in [-0.4, -0.2) is 52.9 Å². The maximum atomic E-state index is 12.3. The van der Waals surface area contributed by atoms with Crippen molar-refractivity contribution in [1.82, 2.24) is 10.9 Å². The molecule has 38 heavy (non-hydrogen) atoms. The van der Waals surface area contributed by atoms with Crippen molar-refractivity contribution in [3.63, 3.8) is 0 Å². The molecule has 11 nitrogen and oxygen atoms in total. The van der Waals surface area contributed by atoms with E-state index in [-0.39, 0.29) is 23.5 Å². The highest BCUT2D eigenvalue weighted by molar-refractivity contribution is 5.95.